The molecule has 3 rings (SSSR count). The second-order valence-electron chi connectivity index (χ2n) is 6.18. The van der Waals surface area contributed by atoms with Gasteiger partial charge < -0.3 is 10.6 Å². The number of anilines is 1. The molecule has 0 aliphatic carbocycles. The van der Waals surface area contributed by atoms with E-state index >= 15 is 0 Å². The molecule has 1 aliphatic rings. The van der Waals surface area contributed by atoms with E-state index < -0.39 is 0 Å². The molecule has 0 saturated carbocycles. The summed E-state index contributed by atoms with van der Waals surface area (Å²) in [4.78, 5) is 19.1. The zero-order valence-corrected chi connectivity index (χ0v) is 13.4. The fraction of sp³-hybridized carbons (Fsp3) is 0.263. The third kappa shape index (κ3) is 3.11. The van der Waals surface area contributed by atoms with Crippen LogP contribution < -0.4 is 5.73 Å². The number of benzene rings is 1. The number of hydrogen-bond donors (Lipinski definition) is 1. The van der Waals surface area contributed by atoms with Gasteiger partial charge in [-0.2, -0.15) is 0 Å². The molecule has 4 heteroatoms. The highest BCUT2D eigenvalue weighted by Crippen LogP contribution is 2.23. The summed E-state index contributed by atoms with van der Waals surface area (Å²) in [5, 5.41) is 0. The first kappa shape index (κ1) is 15.3. The molecular weight excluding hydrogens is 286 g/mol. The zero-order valence-electron chi connectivity index (χ0n) is 13.4. The lowest BCUT2D eigenvalue weighted by molar-refractivity contribution is 0.0720. The Balaban J connectivity index is 1.88. The third-order valence-corrected chi connectivity index (χ3v) is 4.13. The van der Waals surface area contributed by atoms with Crippen LogP contribution in [0.2, 0.25) is 0 Å². The summed E-state index contributed by atoms with van der Waals surface area (Å²) >= 11 is 0. The van der Waals surface area contributed by atoms with Gasteiger partial charge >= 0.3 is 0 Å². The van der Waals surface area contributed by atoms with Gasteiger partial charge in [0.15, 0.2) is 0 Å². The van der Waals surface area contributed by atoms with Gasteiger partial charge in [-0.25, -0.2) is 0 Å². The molecule has 2 aromatic rings. The van der Waals surface area contributed by atoms with Crippen molar-refractivity contribution in [2.45, 2.75) is 19.9 Å². The van der Waals surface area contributed by atoms with Crippen LogP contribution in [0.3, 0.4) is 0 Å². The van der Waals surface area contributed by atoms with E-state index in [-0.39, 0.29) is 11.9 Å². The maximum atomic E-state index is 12.8. The first-order valence-electron chi connectivity index (χ1n) is 7.86. The highest BCUT2D eigenvalue weighted by atomic mass is 16.2. The van der Waals surface area contributed by atoms with Gasteiger partial charge in [0.25, 0.3) is 5.91 Å². The van der Waals surface area contributed by atoms with Gasteiger partial charge in [0.05, 0.1) is 23.6 Å². The molecule has 2 heterocycles. The number of rotatable bonds is 3. The first-order chi connectivity index (χ1) is 11.1. The van der Waals surface area contributed by atoms with E-state index in [1.54, 1.807) is 6.20 Å². The highest BCUT2D eigenvalue weighted by molar-refractivity contribution is 5.96. The Morgan fingerprint density at radius 2 is 2.13 bits per heavy atom. The summed E-state index contributed by atoms with van der Waals surface area (Å²) in [5.41, 5.74) is 8.73. The number of nitrogens with two attached hydrogens (primary N) is 1. The van der Waals surface area contributed by atoms with Crippen molar-refractivity contribution in [3.63, 3.8) is 0 Å². The fourth-order valence-electron chi connectivity index (χ4n) is 2.89. The molecule has 0 saturated heterocycles. The van der Waals surface area contributed by atoms with Crippen LogP contribution in [0.25, 0.3) is 11.3 Å². The lowest BCUT2D eigenvalue weighted by Crippen LogP contribution is -2.39. The molecule has 0 fully saturated rings. The molecule has 23 heavy (non-hydrogen) atoms. The number of amides is 1. The first-order valence-corrected chi connectivity index (χ1v) is 7.86. The minimum absolute atomic E-state index is 0.0611. The van der Waals surface area contributed by atoms with Crippen molar-refractivity contribution >= 4 is 11.6 Å². The Hall–Kier alpha value is -2.62. The Kier molecular flexibility index (Phi) is 4.15. The fourth-order valence-corrected chi connectivity index (χ4v) is 2.89. The summed E-state index contributed by atoms with van der Waals surface area (Å²) in [7, 11) is 0. The van der Waals surface area contributed by atoms with Crippen LogP contribution in [0.1, 0.15) is 24.2 Å². The second-order valence-corrected chi connectivity index (χ2v) is 6.18. The average Bonchev–Trinajstić information content (AvgIpc) is 3.05. The van der Waals surface area contributed by atoms with Gasteiger partial charge in [0.2, 0.25) is 0 Å². The Labute approximate surface area is 136 Å². The number of nitrogen functional groups attached to an aromatic ring is 1. The molecule has 4 nitrogen and oxygen atoms in total. The van der Waals surface area contributed by atoms with E-state index in [9.17, 15) is 4.79 Å². The van der Waals surface area contributed by atoms with Crippen molar-refractivity contribution < 1.29 is 4.79 Å². The van der Waals surface area contributed by atoms with Crippen LogP contribution in [-0.4, -0.2) is 28.4 Å². The molecule has 0 bridgehead atoms. The van der Waals surface area contributed by atoms with Crippen molar-refractivity contribution in [1.29, 1.82) is 0 Å². The minimum atomic E-state index is 0.0611. The van der Waals surface area contributed by atoms with Crippen LogP contribution in [0.4, 0.5) is 5.69 Å². The van der Waals surface area contributed by atoms with Gasteiger partial charge in [0.1, 0.15) is 0 Å². The lowest BCUT2D eigenvalue weighted by Gasteiger charge is -2.27. The van der Waals surface area contributed by atoms with Crippen LogP contribution in [0.15, 0.2) is 54.7 Å². The monoisotopic (exact) mass is 307 g/mol. The molecule has 1 aliphatic heterocycles. The molecule has 1 amide bonds. The molecule has 2 N–H and O–H groups in total. The second kappa shape index (κ2) is 6.24. The van der Waals surface area contributed by atoms with E-state index in [0.29, 0.717) is 23.7 Å². The predicted molar refractivity (Wildman–Crippen MR) is 92.9 cm³/mol. The summed E-state index contributed by atoms with van der Waals surface area (Å²) in [6.45, 7) is 4.94. The third-order valence-electron chi connectivity index (χ3n) is 4.13. The van der Waals surface area contributed by atoms with Crippen LogP contribution >= 0.6 is 0 Å². The maximum absolute atomic E-state index is 12.8. The SMILES string of the molecule is CC(C)C1C=CCN1C(=O)c1cccc(-c2ccc(N)cn2)c1. The maximum Gasteiger partial charge on any atom is 0.254 e. The Morgan fingerprint density at radius 1 is 1.30 bits per heavy atom. The summed E-state index contributed by atoms with van der Waals surface area (Å²) in [5.74, 6) is 0.464. The number of carbonyl (C=O) groups is 1. The molecule has 118 valence electrons. The van der Waals surface area contributed by atoms with Crippen molar-refractivity contribution in [2.24, 2.45) is 5.92 Å². The van der Waals surface area contributed by atoms with E-state index in [2.05, 4.69) is 31.0 Å². The molecule has 1 unspecified atom stereocenters. The quantitative estimate of drug-likeness (QED) is 0.884. The number of pyridine rings is 1. The highest BCUT2D eigenvalue weighted by Gasteiger charge is 2.27. The number of carbonyl (C=O) groups excluding carboxylic acids is 1. The summed E-state index contributed by atoms with van der Waals surface area (Å²) < 4.78 is 0. The molecule has 1 atom stereocenters. The van der Waals surface area contributed by atoms with Crippen molar-refractivity contribution in [1.82, 2.24) is 9.88 Å². The molecule has 0 radical (unpaired) electrons. The average molecular weight is 307 g/mol. The largest absolute Gasteiger partial charge is 0.397 e. The number of aromatic nitrogens is 1. The zero-order chi connectivity index (χ0) is 16.4. The topological polar surface area (TPSA) is 59.2 Å². The van der Waals surface area contributed by atoms with Gasteiger partial charge in [-0.15, -0.1) is 0 Å². The number of hydrogen-bond acceptors (Lipinski definition) is 3. The van der Waals surface area contributed by atoms with Gasteiger partial charge in [-0.05, 0) is 30.2 Å². The van der Waals surface area contributed by atoms with Gasteiger partial charge in [0, 0.05) is 17.7 Å². The van der Waals surface area contributed by atoms with Crippen molar-refractivity contribution in [3.8, 4) is 11.3 Å². The van der Waals surface area contributed by atoms with Crippen LogP contribution in [0.5, 0.6) is 0 Å². The standard InChI is InChI=1S/C19H21N3O/c1-13(2)18-7-4-10-22(18)19(23)15-6-3-5-14(11-15)17-9-8-16(20)12-21-17/h3-9,11-13,18H,10,20H2,1-2H3. The summed E-state index contributed by atoms with van der Waals surface area (Å²) in [6, 6.07) is 11.5. The molecule has 0 spiro atoms. The van der Waals surface area contributed by atoms with Crippen molar-refractivity contribution in [3.05, 3.63) is 60.3 Å². The molecule has 1 aromatic carbocycles. The Morgan fingerprint density at radius 3 is 2.83 bits per heavy atom. The van der Waals surface area contributed by atoms with Crippen LogP contribution in [0, 0.1) is 5.92 Å². The van der Waals surface area contributed by atoms with Gasteiger partial charge in [-0.3, -0.25) is 9.78 Å². The van der Waals surface area contributed by atoms with E-state index in [0.717, 1.165) is 11.3 Å². The Bertz CT molecular complexity index is 735. The smallest absolute Gasteiger partial charge is 0.254 e. The lowest BCUT2D eigenvalue weighted by atomic mass is 10.0. The van der Waals surface area contributed by atoms with Crippen LogP contribution in [-0.2, 0) is 0 Å². The van der Waals surface area contributed by atoms with Crippen molar-refractivity contribution in [2.75, 3.05) is 12.3 Å². The number of nitrogens with zero attached hydrogens (tertiary/aromatic N) is 2. The predicted octanol–water partition coefficient (Wildman–Crippen LogP) is 3.37. The van der Waals surface area contributed by atoms with E-state index in [1.807, 2.05) is 41.3 Å². The normalized spacial score (nSPS) is 17.0. The minimum Gasteiger partial charge on any atom is -0.397 e. The van der Waals surface area contributed by atoms with E-state index in [4.69, 9.17) is 5.73 Å². The van der Waals surface area contributed by atoms with Gasteiger partial charge in [-0.1, -0.05) is 38.1 Å². The molecule has 1 aromatic heterocycles. The summed E-state index contributed by atoms with van der Waals surface area (Å²) in [6.07, 6.45) is 5.81. The molecular formula is C19H21N3O. The van der Waals surface area contributed by atoms with E-state index in [1.165, 1.54) is 0 Å².